The van der Waals surface area contributed by atoms with E-state index < -0.39 is 5.97 Å². The molecule has 20 heavy (non-hydrogen) atoms. The molecule has 104 valence electrons. The summed E-state index contributed by atoms with van der Waals surface area (Å²) in [5.74, 6) is -1.40. The van der Waals surface area contributed by atoms with Crippen molar-refractivity contribution < 1.29 is 14.7 Å². The van der Waals surface area contributed by atoms with Crippen LogP contribution in [0.2, 0.25) is 0 Å². The van der Waals surface area contributed by atoms with Gasteiger partial charge < -0.3 is 10.4 Å². The number of amides is 1. The second-order valence-corrected chi connectivity index (χ2v) is 4.98. The summed E-state index contributed by atoms with van der Waals surface area (Å²) in [5, 5.41) is 20.9. The number of carboxylic acid groups (broad SMARTS) is 1. The van der Waals surface area contributed by atoms with E-state index in [1.54, 1.807) is 18.2 Å². The van der Waals surface area contributed by atoms with Gasteiger partial charge in [-0.3, -0.25) is 4.79 Å². The molecule has 0 radical (unpaired) electrons. The molecular weight excluding hydrogens is 256 g/mol. The highest BCUT2D eigenvalue weighted by Gasteiger charge is 2.28. The van der Waals surface area contributed by atoms with Gasteiger partial charge in [0.1, 0.15) is 0 Å². The van der Waals surface area contributed by atoms with Gasteiger partial charge in [0.05, 0.1) is 24.0 Å². The van der Waals surface area contributed by atoms with Crippen molar-refractivity contribution in [2.45, 2.75) is 31.7 Å². The van der Waals surface area contributed by atoms with Crippen LogP contribution in [-0.2, 0) is 11.2 Å². The molecule has 1 amide bonds. The van der Waals surface area contributed by atoms with Crippen molar-refractivity contribution in [3.05, 3.63) is 35.4 Å². The van der Waals surface area contributed by atoms with E-state index in [9.17, 15) is 9.59 Å². The molecule has 5 nitrogen and oxygen atoms in total. The lowest BCUT2D eigenvalue weighted by Gasteiger charge is -2.16. The van der Waals surface area contributed by atoms with Crippen molar-refractivity contribution in [3.63, 3.8) is 0 Å². The van der Waals surface area contributed by atoms with Crippen LogP contribution < -0.4 is 5.32 Å². The minimum Gasteiger partial charge on any atom is -0.478 e. The largest absolute Gasteiger partial charge is 0.478 e. The molecule has 1 fully saturated rings. The first-order valence-corrected chi connectivity index (χ1v) is 6.62. The van der Waals surface area contributed by atoms with E-state index in [1.165, 1.54) is 6.07 Å². The van der Waals surface area contributed by atoms with Gasteiger partial charge in [-0.15, -0.1) is 0 Å². The van der Waals surface area contributed by atoms with E-state index in [-0.39, 0.29) is 29.9 Å². The molecule has 1 saturated carbocycles. The third-order valence-electron chi connectivity index (χ3n) is 3.63. The first-order valence-electron chi connectivity index (χ1n) is 6.62. The summed E-state index contributed by atoms with van der Waals surface area (Å²) in [5.41, 5.74) is 0.634. The summed E-state index contributed by atoms with van der Waals surface area (Å²) in [6.45, 7) is 0. The zero-order valence-corrected chi connectivity index (χ0v) is 11.0. The lowest BCUT2D eigenvalue weighted by Crippen LogP contribution is -2.38. The van der Waals surface area contributed by atoms with Crippen LogP contribution in [0.4, 0.5) is 0 Å². The Labute approximate surface area is 117 Å². The predicted octanol–water partition coefficient (Wildman–Crippen LogP) is 1.74. The minimum absolute atomic E-state index is 0.0249. The first-order chi connectivity index (χ1) is 9.61. The molecule has 0 aliphatic heterocycles. The number of carbonyl (C=O) groups is 2. The fourth-order valence-corrected chi connectivity index (χ4v) is 2.60. The monoisotopic (exact) mass is 272 g/mol. The maximum absolute atomic E-state index is 12.0. The molecule has 0 aromatic heterocycles. The van der Waals surface area contributed by atoms with Gasteiger partial charge in [-0.1, -0.05) is 18.2 Å². The number of nitrogens with zero attached hydrogens (tertiary/aromatic N) is 1. The molecule has 1 aliphatic carbocycles. The first kappa shape index (κ1) is 14.1. The number of nitriles is 1. The van der Waals surface area contributed by atoms with Crippen LogP contribution in [0.25, 0.3) is 0 Å². The molecule has 1 aromatic rings. The number of nitrogens with one attached hydrogen (secondary N) is 1. The van der Waals surface area contributed by atoms with E-state index >= 15 is 0 Å². The average Bonchev–Trinajstić information content (AvgIpc) is 2.86. The van der Waals surface area contributed by atoms with Crippen molar-refractivity contribution in [2.75, 3.05) is 0 Å². The summed E-state index contributed by atoms with van der Waals surface area (Å²) < 4.78 is 0. The summed E-state index contributed by atoms with van der Waals surface area (Å²) in [4.78, 5) is 23.1. The Bertz CT molecular complexity index is 562. The van der Waals surface area contributed by atoms with Crippen molar-refractivity contribution in [3.8, 4) is 6.07 Å². The number of carbonyl (C=O) groups excluding carboxylic acids is 1. The lowest BCUT2D eigenvalue weighted by atomic mass is 10.0. The topological polar surface area (TPSA) is 90.2 Å². The molecule has 0 heterocycles. The van der Waals surface area contributed by atoms with Crippen LogP contribution in [0.5, 0.6) is 0 Å². The van der Waals surface area contributed by atoms with Crippen molar-refractivity contribution in [1.29, 1.82) is 5.26 Å². The summed E-state index contributed by atoms with van der Waals surface area (Å²) >= 11 is 0. The number of carboxylic acids is 1. The van der Waals surface area contributed by atoms with Crippen LogP contribution in [0.15, 0.2) is 24.3 Å². The third kappa shape index (κ3) is 3.15. The second-order valence-electron chi connectivity index (χ2n) is 4.98. The van der Waals surface area contributed by atoms with Gasteiger partial charge in [-0.25, -0.2) is 4.79 Å². The van der Waals surface area contributed by atoms with Crippen LogP contribution in [0, 0.1) is 17.2 Å². The average molecular weight is 272 g/mol. The number of benzene rings is 1. The van der Waals surface area contributed by atoms with Crippen molar-refractivity contribution in [1.82, 2.24) is 5.32 Å². The molecule has 1 aliphatic rings. The predicted molar refractivity (Wildman–Crippen MR) is 72.0 cm³/mol. The van der Waals surface area contributed by atoms with Gasteiger partial charge in [-0.05, 0) is 30.9 Å². The Hall–Kier alpha value is -2.35. The van der Waals surface area contributed by atoms with Crippen molar-refractivity contribution >= 4 is 11.9 Å². The van der Waals surface area contributed by atoms with E-state index in [0.717, 1.165) is 19.3 Å². The maximum Gasteiger partial charge on any atom is 0.335 e. The highest BCUT2D eigenvalue weighted by atomic mass is 16.4. The fraction of sp³-hybridized carbons (Fsp3) is 0.400. The molecule has 0 bridgehead atoms. The molecule has 2 rings (SSSR count). The molecule has 5 heteroatoms. The minimum atomic E-state index is -1.04. The summed E-state index contributed by atoms with van der Waals surface area (Å²) in [7, 11) is 0. The summed E-state index contributed by atoms with van der Waals surface area (Å²) in [6.07, 6.45) is 2.59. The zero-order chi connectivity index (χ0) is 14.5. The molecule has 1 aromatic carbocycles. The second kappa shape index (κ2) is 6.20. The molecule has 2 unspecified atom stereocenters. The lowest BCUT2D eigenvalue weighted by molar-refractivity contribution is -0.121. The third-order valence-corrected chi connectivity index (χ3v) is 3.63. The summed E-state index contributed by atoms with van der Waals surface area (Å²) in [6, 6.07) is 8.56. The highest BCUT2D eigenvalue weighted by Crippen LogP contribution is 2.24. The van der Waals surface area contributed by atoms with E-state index in [0.29, 0.717) is 5.56 Å². The quantitative estimate of drug-likeness (QED) is 0.873. The van der Waals surface area contributed by atoms with E-state index in [4.69, 9.17) is 10.4 Å². The van der Waals surface area contributed by atoms with E-state index in [2.05, 4.69) is 11.4 Å². The number of hydrogen-bond donors (Lipinski definition) is 2. The molecular formula is C15H16N2O3. The molecule has 2 atom stereocenters. The molecule has 0 spiro atoms. The fourth-order valence-electron chi connectivity index (χ4n) is 2.60. The Morgan fingerprint density at radius 3 is 2.80 bits per heavy atom. The standard InChI is InChI=1S/C15H16N2O3/c16-9-11-5-3-7-13(11)17-14(18)8-10-4-1-2-6-12(10)15(19)20/h1-2,4,6,11,13H,3,5,7-8H2,(H,17,18)(H,19,20). The van der Waals surface area contributed by atoms with Gasteiger partial charge >= 0.3 is 5.97 Å². The van der Waals surface area contributed by atoms with Gasteiger partial charge in [0.2, 0.25) is 5.91 Å². The van der Waals surface area contributed by atoms with E-state index in [1.807, 2.05) is 0 Å². The number of hydrogen-bond acceptors (Lipinski definition) is 3. The van der Waals surface area contributed by atoms with Gasteiger partial charge in [0.15, 0.2) is 0 Å². The van der Waals surface area contributed by atoms with Gasteiger partial charge in [-0.2, -0.15) is 5.26 Å². The van der Waals surface area contributed by atoms with Crippen molar-refractivity contribution in [2.24, 2.45) is 5.92 Å². The Kier molecular flexibility index (Phi) is 4.36. The van der Waals surface area contributed by atoms with Crippen LogP contribution >= 0.6 is 0 Å². The molecule has 0 saturated heterocycles. The van der Waals surface area contributed by atoms with Crippen LogP contribution in [-0.4, -0.2) is 23.0 Å². The Balaban J connectivity index is 2.02. The smallest absolute Gasteiger partial charge is 0.335 e. The SMILES string of the molecule is N#CC1CCCC1NC(=O)Cc1ccccc1C(=O)O. The van der Waals surface area contributed by atoms with Crippen LogP contribution in [0.1, 0.15) is 35.2 Å². The Morgan fingerprint density at radius 2 is 2.10 bits per heavy atom. The Morgan fingerprint density at radius 1 is 1.35 bits per heavy atom. The normalized spacial score (nSPS) is 21.1. The number of aromatic carboxylic acids is 1. The highest BCUT2D eigenvalue weighted by molar-refractivity contribution is 5.91. The number of rotatable bonds is 4. The maximum atomic E-state index is 12.0. The van der Waals surface area contributed by atoms with Gasteiger partial charge in [0, 0.05) is 6.04 Å². The molecule has 2 N–H and O–H groups in total. The van der Waals surface area contributed by atoms with Crippen LogP contribution in [0.3, 0.4) is 0 Å². The zero-order valence-electron chi connectivity index (χ0n) is 11.0. The van der Waals surface area contributed by atoms with Gasteiger partial charge in [0.25, 0.3) is 0 Å².